The van der Waals surface area contributed by atoms with Crippen molar-refractivity contribution >= 4 is 23.3 Å². The van der Waals surface area contributed by atoms with Gasteiger partial charge in [-0.15, -0.1) is 0 Å². The van der Waals surface area contributed by atoms with Gasteiger partial charge >= 0.3 is 5.97 Å². The van der Waals surface area contributed by atoms with Crippen LogP contribution in [-0.2, 0) is 4.79 Å². The monoisotopic (exact) mass is 308 g/mol. The summed E-state index contributed by atoms with van der Waals surface area (Å²) in [5, 5.41) is 21.6. The highest BCUT2D eigenvalue weighted by atomic mass is 35.5. The van der Waals surface area contributed by atoms with Crippen molar-refractivity contribution in [3.63, 3.8) is 0 Å². The molecule has 0 aliphatic carbocycles. The van der Waals surface area contributed by atoms with Crippen molar-refractivity contribution in [1.29, 1.82) is 5.26 Å². The van der Waals surface area contributed by atoms with Crippen LogP contribution in [0.25, 0.3) is 0 Å². The van der Waals surface area contributed by atoms with E-state index in [0.717, 1.165) is 12.1 Å². The molecule has 0 spiro atoms. The largest absolute Gasteiger partial charge is 0.481 e. The summed E-state index contributed by atoms with van der Waals surface area (Å²) in [5.41, 5.74) is 1.29. The van der Waals surface area contributed by atoms with Crippen LogP contribution >= 0.6 is 11.6 Å². The minimum absolute atomic E-state index is 0.198. The molecular weight excluding hydrogens is 288 g/mol. The number of nitriles is 1. The molecule has 0 saturated carbocycles. The van der Waals surface area contributed by atoms with E-state index in [1.807, 2.05) is 0 Å². The summed E-state index contributed by atoms with van der Waals surface area (Å²) >= 11 is 5.94. The minimum atomic E-state index is -0.754. The Bertz CT molecular complexity index is 523. The molecule has 2 N–H and O–H groups in total. The van der Waals surface area contributed by atoms with Crippen LogP contribution in [0.5, 0.6) is 0 Å². The molecule has 0 aromatic heterocycles. The van der Waals surface area contributed by atoms with E-state index in [-0.39, 0.29) is 6.42 Å². The van der Waals surface area contributed by atoms with Gasteiger partial charge in [-0.05, 0) is 42.9 Å². The summed E-state index contributed by atoms with van der Waals surface area (Å²) in [6.07, 6.45) is 1.74. The lowest BCUT2D eigenvalue weighted by molar-refractivity contribution is -0.137. The molecule has 1 rings (SSSR count). The van der Waals surface area contributed by atoms with Gasteiger partial charge in [-0.2, -0.15) is 5.26 Å². The normalized spacial score (nSPS) is 12.0. The van der Waals surface area contributed by atoms with Gasteiger partial charge in [0.15, 0.2) is 0 Å². The first kappa shape index (κ1) is 17.3. The van der Waals surface area contributed by atoms with Crippen LogP contribution in [-0.4, -0.2) is 17.6 Å². The molecule has 1 unspecified atom stereocenters. The number of nitrogens with one attached hydrogen (secondary N) is 1. The molecule has 0 bridgehead atoms. The third kappa shape index (κ3) is 6.05. The summed E-state index contributed by atoms with van der Waals surface area (Å²) in [6, 6.07) is 7.24. The van der Waals surface area contributed by atoms with Gasteiger partial charge in [0.2, 0.25) is 0 Å². The molecule has 1 aromatic rings. The molecule has 1 aromatic carbocycles. The first-order valence-electron chi connectivity index (χ1n) is 7.09. The second kappa shape index (κ2) is 8.53. The number of rotatable bonds is 8. The SMILES string of the molecule is CC(C)C(CCNc1cc(Cl)ccc1C#N)CCC(=O)O. The molecule has 4 nitrogen and oxygen atoms in total. The molecule has 0 heterocycles. The van der Waals surface area contributed by atoms with E-state index in [2.05, 4.69) is 25.2 Å². The van der Waals surface area contributed by atoms with Gasteiger partial charge in [-0.3, -0.25) is 4.79 Å². The third-order valence-electron chi connectivity index (χ3n) is 3.60. The van der Waals surface area contributed by atoms with Crippen LogP contribution in [0.3, 0.4) is 0 Å². The average molecular weight is 309 g/mol. The zero-order valence-electron chi connectivity index (χ0n) is 12.4. The zero-order chi connectivity index (χ0) is 15.8. The fourth-order valence-corrected chi connectivity index (χ4v) is 2.44. The Kier molecular flexibility index (Phi) is 7.04. The van der Waals surface area contributed by atoms with E-state index in [4.69, 9.17) is 22.0 Å². The van der Waals surface area contributed by atoms with Gasteiger partial charge in [-0.1, -0.05) is 25.4 Å². The summed E-state index contributed by atoms with van der Waals surface area (Å²) in [7, 11) is 0. The summed E-state index contributed by atoms with van der Waals surface area (Å²) in [5.74, 6) is 0.0227. The number of halogens is 1. The number of carboxylic acids is 1. The standard InChI is InChI=1S/C16H21ClN2O2/c1-11(2)12(4-6-16(20)21)7-8-19-15-9-14(17)5-3-13(15)10-18/h3,5,9,11-12,19H,4,6-8H2,1-2H3,(H,20,21). The Labute approximate surface area is 130 Å². The maximum absolute atomic E-state index is 10.7. The molecule has 1 atom stereocenters. The lowest BCUT2D eigenvalue weighted by atomic mass is 9.88. The maximum atomic E-state index is 10.7. The van der Waals surface area contributed by atoms with Crippen molar-refractivity contribution in [2.45, 2.75) is 33.1 Å². The Morgan fingerprint density at radius 3 is 2.71 bits per heavy atom. The lowest BCUT2D eigenvalue weighted by Crippen LogP contribution is -2.16. The Hall–Kier alpha value is -1.73. The Morgan fingerprint density at radius 2 is 2.14 bits per heavy atom. The predicted octanol–water partition coefficient (Wildman–Crippen LogP) is 4.15. The van der Waals surface area contributed by atoms with E-state index in [9.17, 15) is 4.79 Å². The zero-order valence-corrected chi connectivity index (χ0v) is 13.2. The number of aliphatic carboxylic acids is 1. The highest BCUT2D eigenvalue weighted by Gasteiger charge is 2.15. The minimum Gasteiger partial charge on any atom is -0.481 e. The highest BCUT2D eigenvalue weighted by Crippen LogP contribution is 2.23. The lowest BCUT2D eigenvalue weighted by Gasteiger charge is -2.20. The average Bonchev–Trinajstić information content (AvgIpc) is 2.42. The molecule has 0 aliphatic rings. The topological polar surface area (TPSA) is 73.1 Å². The van der Waals surface area contributed by atoms with Crippen molar-refractivity contribution in [3.8, 4) is 6.07 Å². The number of hydrogen-bond acceptors (Lipinski definition) is 3. The smallest absolute Gasteiger partial charge is 0.303 e. The first-order valence-corrected chi connectivity index (χ1v) is 7.47. The van der Waals surface area contributed by atoms with Gasteiger partial charge in [0.1, 0.15) is 6.07 Å². The fraction of sp³-hybridized carbons (Fsp3) is 0.500. The number of benzene rings is 1. The van der Waals surface area contributed by atoms with Crippen LogP contribution in [0.2, 0.25) is 5.02 Å². The molecule has 114 valence electrons. The number of hydrogen-bond donors (Lipinski definition) is 2. The van der Waals surface area contributed by atoms with Crippen LogP contribution in [0.15, 0.2) is 18.2 Å². The van der Waals surface area contributed by atoms with E-state index < -0.39 is 5.97 Å². The van der Waals surface area contributed by atoms with Crippen LogP contribution in [0, 0.1) is 23.2 Å². The summed E-state index contributed by atoms with van der Waals surface area (Å²) in [4.78, 5) is 10.7. The maximum Gasteiger partial charge on any atom is 0.303 e. The Balaban J connectivity index is 2.56. The van der Waals surface area contributed by atoms with Crippen molar-refractivity contribution < 1.29 is 9.90 Å². The molecule has 0 aliphatic heterocycles. The first-order chi connectivity index (χ1) is 9.93. The van der Waals surface area contributed by atoms with Gasteiger partial charge in [0.25, 0.3) is 0 Å². The van der Waals surface area contributed by atoms with Crippen molar-refractivity contribution in [2.75, 3.05) is 11.9 Å². The molecule has 0 radical (unpaired) electrons. The van der Waals surface area contributed by atoms with Crippen LogP contribution in [0.1, 0.15) is 38.7 Å². The summed E-state index contributed by atoms with van der Waals surface area (Å²) < 4.78 is 0. The number of nitrogens with zero attached hydrogens (tertiary/aromatic N) is 1. The fourth-order valence-electron chi connectivity index (χ4n) is 2.27. The number of carboxylic acid groups (broad SMARTS) is 1. The highest BCUT2D eigenvalue weighted by molar-refractivity contribution is 6.30. The van der Waals surface area contributed by atoms with E-state index in [1.54, 1.807) is 18.2 Å². The molecule has 0 fully saturated rings. The van der Waals surface area contributed by atoms with E-state index in [1.165, 1.54) is 0 Å². The van der Waals surface area contributed by atoms with Crippen LogP contribution in [0.4, 0.5) is 5.69 Å². The number of anilines is 1. The molecule has 0 amide bonds. The quantitative estimate of drug-likeness (QED) is 0.756. The predicted molar refractivity (Wildman–Crippen MR) is 84.5 cm³/mol. The van der Waals surface area contributed by atoms with Gasteiger partial charge in [-0.25, -0.2) is 0 Å². The molecule has 21 heavy (non-hydrogen) atoms. The van der Waals surface area contributed by atoms with Gasteiger partial charge < -0.3 is 10.4 Å². The third-order valence-corrected chi connectivity index (χ3v) is 3.84. The van der Waals surface area contributed by atoms with Crippen LogP contribution < -0.4 is 5.32 Å². The van der Waals surface area contributed by atoms with Crippen molar-refractivity contribution in [2.24, 2.45) is 11.8 Å². The molecular formula is C16H21ClN2O2. The van der Waals surface area contributed by atoms with E-state index >= 15 is 0 Å². The Morgan fingerprint density at radius 1 is 1.43 bits per heavy atom. The summed E-state index contributed by atoms with van der Waals surface area (Å²) in [6.45, 7) is 4.90. The second-order valence-corrected chi connectivity index (χ2v) is 5.89. The molecule has 5 heteroatoms. The molecule has 0 saturated heterocycles. The van der Waals surface area contributed by atoms with Crippen molar-refractivity contribution in [1.82, 2.24) is 0 Å². The van der Waals surface area contributed by atoms with Gasteiger partial charge in [0.05, 0.1) is 11.3 Å². The van der Waals surface area contributed by atoms with E-state index in [0.29, 0.717) is 35.4 Å². The van der Waals surface area contributed by atoms with Crippen molar-refractivity contribution in [3.05, 3.63) is 28.8 Å². The number of carbonyl (C=O) groups is 1. The van der Waals surface area contributed by atoms with Gasteiger partial charge in [0, 0.05) is 18.0 Å². The second-order valence-electron chi connectivity index (χ2n) is 5.45.